The first-order valence-corrected chi connectivity index (χ1v) is 8.83. The van der Waals surface area contributed by atoms with E-state index in [9.17, 15) is 4.79 Å². The summed E-state index contributed by atoms with van der Waals surface area (Å²) in [6.45, 7) is 8.03. The van der Waals surface area contributed by atoms with Crippen molar-refractivity contribution in [1.29, 1.82) is 0 Å². The number of carbonyl (C=O) groups is 1. The topological polar surface area (TPSA) is 63.2 Å². The Morgan fingerprint density at radius 2 is 1.84 bits per heavy atom. The average molecular weight is 341 g/mol. The molecule has 0 saturated heterocycles. The highest BCUT2D eigenvalue weighted by molar-refractivity contribution is 5.91. The molecular weight excluding hydrogens is 314 g/mol. The third-order valence-electron chi connectivity index (χ3n) is 3.90. The molecule has 0 atom stereocenters. The molecule has 0 aliphatic heterocycles. The Kier molecular flexibility index (Phi) is 6.81. The molecule has 0 bridgehead atoms. The Labute approximate surface area is 149 Å². The fourth-order valence-electron chi connectivity index (χ4n) is 2.51. The summed E-state index contributed by atoms with van der Waals surface area (Å²) >= 11 is 0. The minimum absolute atomic E-state index is 0.0221. The highest BCUT2D eigenvalue weighted by atomic mass is 16.5. The molecule has 1 amide bonds. The second-order valence-corrected chi connectivity index (χ2v) is 6.22. The lowest BCUT2D eigenvalue weighted by Gasteiger charge is -2.16. The van der Waals surface area contributed by atoms with E-state index in [4.69, 9.17) is 4.74 Å². The zero-order valence-corrected chi connectivity index (χ0v) is 15.4. The van der Waals surface area contributed by atoms with Crippen molar-refractivity contribution >= 4 is 23.1 Å². The molecule has 134 valence electrons. The summed E-state index contributed by atoms with van der Waals surface area (Å²) in [6.07, 6.45) is 3.46. The van der Waals surface area contributed by atoms with Gasteiger partial charge in [0.05, 0.1) is 23.7 Å². The average Bonchev–Trinajstić information content (AvgIpc) is 2.59. The standard InChI is InChI=1S/C20H27N3O2/c1-5-15(6-2)20(24)23-19-12-11-16(13-21-19)22-17-9-7-8-10-18(17)25-14(3)4/h7-15,22H,5-6H2,1-4H3,(H,21,23,24). The number of para-hydroxylation sites is 2. The van der Waals surface area contributed by atoms with Gasteiger partial charge in [-0.05, 0) is 51.0 Å². The number of aromatic nitrogens is 1. The summed E-state index contributed by atoms with van der Waals surface area (Å²) in [4.78, 5) is 16.4. The van der Waals surface area contributed by atoms with E-state index in [2.05, 4.69) is 15.6 Å². The number of nitrogens with zero attached hydrogens (tertiary/aromatic N) is 1. The first-order chi connectivity index (χ1) is 12.0. The Hall–Kier alpha value is -2.56. The quantitative estimate of drug-likeness (QED) is 0.710. The van der Waals surface area contributed by atoms with E-state index in [1.165, 1.54) is 0 Å². The number of benzene rings is 1. The van der Waals surface area contributed by atoms with Crippen molar-refractivity contribution in [3.05, 3.63) is 42.6 Å². The first kappa shape index (κ1) is 18.8. The molecule has 5 heteroatoms. The monoisotopic (exact) mass is 341 g/mol. The Bertz CT molecular complexity index is 680. The van der Waals surface area contributed by atoms with Crippen molar-refractivity contribution in [2.45, 2.75) is 46.6 Å². The predicted molar refractivity (Wildman–Crippen MR) is 102 cm³/mol. The highest BCUT2D eigenvalue weighted by Crippen LogP contribution is 2.28. The second-order valence-electron chi connectivity index (χ2n) is 6.22. The Morgan fingerprint density at radius 3 is 2.44 bits per heavy atom. The number of amides is 1. The predicted octanol–water partition coefficient (Wildman–Crippen LogP) is 4.99. The van der Waals surface area contributed by atoms with Crippen molar-refractivity contribution in [3.63, 3.8) is 0 Å². The maximum atomic E-state index is 12.1. The number of rotatable bonds is 8. The van der Waals surface area contributed by atoms with Crippen LogP contribution in [0.3, 0.4) is 0 Å². The van der Waals surface area contributed by atoms with Gasteiger partial charge in [-0.15, -0.1) is 0 Å². The molecule has 1 aromatic carbocycles. The van der Waals surface area contributed by atoms with Crippen molar-refractivity contribution in [2.24, 2.45) is 5.92 Å². The molecular formula is C20H27N3O2. The Balaban J connectivity index is 2.05. The van der Waals surface area contributed by atoms with Crippen molar-refractivity contribution in [1.82, 2.24) is 4.98 Å². The van der Waals surface area contributed by atoms with Gasteiger partial charge in [-0.1, -0.05) is 26.0 Å². The minimum atomic E-state index is 0.0221. The van der Waals surface area contributed by atoms with Gasteiger partial charge < -0.3 is 15.4 Å². The maximum absolute atomic E-state index is 12.1. The number of anilines is 3. The molecule has 0 saturated carbocycles. The summed E-state index contributed by atoms with van der Waals surface area (Å²) in [6, 6.07) is 11.5. The molecule has 0 radical (unpaired) electrons. The molecule has 2 N–H and O–H groups in total. The number of nitrogens with one attached hydrogen (secondary N) is 2. The number of hydrogen-bond acceptors (Lipinski definition) is 4. The first-order valence-electron chi connectivity index (χ1n) is 8.83. The second kappa shape index (κ2) is 9.06. The molecule has 5 nitrogen and oxygen atoms in total. The van der Waals surface area contributed by atoms with Crippen LogP contribution in [-0.4, -0.2) is 17.0 Å². The van der Waals surface area contributed by atoms with E-state index >= 15 is 0 Å². The zero-order valence-electron chi connectivity index (χ0n) is 15.4. The van der Waals surface area contributed by atoms with Gasteiger partial charge >= 0.3 is 0 Å². The van der Waals surface area contributed by atoms with Gasteiger partial charge in [0, 0.05) is 5.92 Å². The highest BCUT2D eigenvalue weighted by Gasteiger charge is 2.14. The van der Waals surface area contributed by atoms with E-state index in [-0.39, 0.29) is 17.9 Å². The van der Waals surface area contributed by atoms with Crippen LogP contribution in [0.25, 0.3) is 0 Å². The zero-order chi connectivity index (χ0) is 18.2. The summed E-state index contributed by atoms with van der Waals surface area (Å²) in [5.74, 6) is 1.41. The molecule has 0 aliphatic carbocycles. The maximum Gasteiger partial charge on any atom is 0.228 e. The summed E-state index contributed by atoms with van der Waals surface area (Å²) in [7, 11) is 0. The molecule has 1 heterocycles. The van der Waals surface area contributed by atoms with E-state index in [1.807, 2.05) is 58.0 Å². The van der Waals surface area contributed by atoms with Gasteiger partial charge in [0.15, 0.2) is 0 Å². The van der Waals surface area contributed by atoms with Crippen LogP contribution in [0.4, 0.5) is 17.2 Å². The normalized spacial score (nSPS) is 10.8. The molecule has 2 aromatic rings. The molecule has 1 aromatic heterocycles. The van der Waals surface area contributed by atoms with Crippen molar-refractivity contribution in [3.8, 4) is 5.75 Å². The van der Waals surface area contributed by atoms with E-state index in [0.29, 0.717) is 5.82 Å². The Morgan fingerprint density at radius 1 is 1.12 bits per heavy atom. The lowest BCUT2D eigenvalue weighted by molar-refractivity contribution is -0.120. The lowest BCUT2D eigenvalue weighted by atomic mass is 10.0. The van der Waals surface area contributed by atoms with Crippen LogP contribution in [0.2, 0.25) is 0 Å². The van der Waals surface area contributed by atoms with Crippen LogP contribution in [0.1, 0.15) is 40.5 Å². The van der Waals surface area contributed by atoms with E-state index < -0.39 is 0 Å². The van der Waals surface area contributed by atoms with E-state index in [0.717, 1.165) is 30.0 Å². The van der Waals surface area contributed by atoms with Crippen LogP contribution in [0, 0.1) is 5.92 Å². The van der Waals surface area contributed by atoms with Crippen LogP contribution in [0.5, 0.6) is 5.75 Å². The number of ether oxygens (including phenoxy) is 1. The van der Waals surface area contributed by atoms with Gasteiger partial charge in [-0.25, -0.2) is 4.98 Å². The van der Waals surface area contributed by atoms with Gasteiger partial charge in [-0.3, -0.25) is 4.79 Å². The third kappa shape index (κ3) is 5.48. The van der Waals surface area contributed by atoms with Crippen LogP contribution >= 0.6 is 0 Å². The summed E-state index contributed by atoms with van der Waals surface area (Å²) in [5.41, 5.74) is 1.71. The molecule has 0 spiro atoms. The lowest BCUT2D eigenvalue weighted by Crippen LogP contribution is -2.22. The number of hydrogen-bond donors (Lipinski definition) is 2. The SMILES string of the molecule is CCC(CC)C(=O)Nc1ccc(Nc2ccccc2OC(C)C)cn1. The van der Waals surface area contributed by atoms with Gasteiger partial charge in [-0.2, -0.15) is 0 Å². The third-order valence-corrected chi connectivity index (χ3v) is 3.90. The van der Waals surface area contributed by atoms with Gasteiger partial charge in [0.1, 0.15) is 11.6 Å². The molecule has 0 fully saturated rings. The summed E-state index contributed by atoms with van der Waals surface area (Å²) < 4.78 is 5.81. The van der Waals surface area contributed by atoms with Gasteiger partial charge in [0.25, 0.3) is 0 Å². The minimum Gasteiger partial charge on any atom is -0.489 e. The van der Waals surface area contributed by atoms with Crippen LogP contribution in [-0.2, 0) is 4.79 Å². The molecule has 0 aliphatic rings. The van der Waals surface area contributed by atoms with Crippen molar-refractivity contribution < 1.29 is 9.53 Å². The smallest absolute Gasteiger partial charge is 0.228 e. The largest absolute Gasteiger partial charge is 0.489 e. The molecule has 0 unspecified atom stereocenters. The molecule has 25 heavy (non-hydrogen) atoms. The van der Waals surface area contributed by atoms with E-state index in [1.54, 1.807) is 12.3 Å². The fourth-order valence-corrected chi connectivity index (χ4v) is 2.51. The van der Waals surface area contributed by atoms with Crippen LogP contribution < -0.4 is 15.4 Å². The van der Waals surface area contributed by atoms with Crippen LogP contribution in [0.15, 0.2) is 42.6 Å². The van der Waals surface area contributed by atoms with Gasteiger partial charge in [0.2, 0.25) is 5.91 Å². The summed E-state index contributed by atoms with van der Waals surface area (Å²) in [5, 5.41) is 6.17. The number of pyridine rings is 1. The molecule has 2 rings (SSSR count). The number of carbonyl (C=O) groups excluding carboxylic acids is 1. The fraction of sp³-hybridized carbons (Fsp3) is 0.400. The van der Waals surface area contributed by atoms with Crippen molar-refractivity contribution in [2.75, 3.05) is 10.6 Å².